The van der Waals surface area contributed by atoms with Crippen molar-refractivity contribution in [1.29, 1.82) is 0 Å². The van der Waals surface area contributed by atoms with Crippen LogP contribution in [0.3, 0.4) is 0 Å². The Morgan fingerprint density at radius 2 is 1.76 bits per heavy atom. The monoisotopic (exact) mass is 262 g/mol. The highest BCUT2D eigenvalue weighted by Crippen LogP contribution is 2.16. The van der Waals surface area contributed by atoms with E-state index in [1.165, 1.54) is 38.5 Å². The standard InChI is InChI=1S/C13H26N2O.ClH/c1-2-7-13(16)15-11-10-14-12-8-5-3-4-6-9-12;/h12,14H,2-11H2,1H3,(H,15,16);1H. The first-order valence-electron chi connectivity index (χ1n) is 6.83. The summed E-state index contributed by atoms with van der Waals surface area (Å²) in [5.74, 6) is 0.185. The van der Waals surface area contributed by atoms with E-state index in [2.05, 4.69) is 10.6 Å². The lowest BCUT2D eigenvalue weighted by Crippen LogP contribution is -2.36. The Morgan fingerprint density at radius 1 is 1.12 bits per heavy atom. The number of hydrogen-bond acceptors (Lipinski definition) is 2. The van der Waals surface area contributed by atoms with E-state index in [-0.39, 0.29) is 18.3 Å². The van der Waals surface area contributed by atoms with Crippen molar-refractivity contribution in [2.75, 3.05) is 13.1 Å². The van der Waals surface area contributed by atoms with E-state index in [1.807, 2.05) is 6.92 Å². The van der Waals surface area contributed by atoms with Gasteiger partial charge in [0.25, 0.3) is 0 Å². The van der Waals surface area contributed by atoms with E-state index in [1.54, 1.807) is 0 Å². The van der Waals surface area contributed by atoms with Gasteiger partial charge in [0, 0.05) is 25.6 Å². The Balaban J connectivity index is 0.00000256. The summed E-state index contributed by atoms with van der Waals surface area (Å²) >= 11 is 0. The predicted octanol–water partition coefficient (Wildman–Crippen LogP) is 2.64. The zero-order valence-corrected chi connectivity index (χ0v) is 11.8. The first-order valence-corrected chi connectivity index (χ1v) is 6.83. The molecule has 1 aliphatic carbocycles. The largest absolute Gasteiger partial charge is 0.355 e. The summed E-state index contributed by atoms with van der Waals surface area (Å²) in [6, 6.07) is 0.686. The van der Waals surface area contributed by atoms with Crippen LogP contribution in [0.5, 0.6) is 0 Å². The van der Waals surface area contributed by atoms with Crippen molar-refractivity contribution in [3.05, 3.63) is 0 Å². The Hall–Kier alpha value is -0.280. The molecule has 1 aliphatic rings. The molecule has 0 bridgehead atoms. The summed E-state index contributed by atoms with van der Waals surface area (Å²) in [5.41, 5.74) is 0. The van der Waals surface area contributed by atoms with Gasteiger partial charge >= 0.3 is 0 Å². The Morgan fingerprint density at radius 3 is 2.35 bits per heavy atom. The highest BCUT2D eigenvalue weighted by molar-refractivity contribution is 5.85. The number of amides is 1. The molecular formula is C13H27ClN2O. The zero-order chi connectivity index (χ0) is 11.6. The maximum absolute atomic E-state index is 11.2. The van der Waals surface area contributed by atoms with E-state index < -0.39 is 0 Å². The molecule has 0 radical (unpaired) electrons. The molecule has 0 aliphatic heterocycles. The minimum absolute atomic E-state index is 0. The molecule has 0 unspecified atom stereocenters. The lowest BCUT2D eigenvalue weighted by Gasteiger charge is -2.16. The topological polar surface area (TPSA) is 41.1 Å². The first kappa shape index (κ1) is 16.7. The third kappa shape index (κ3) is 8.44. The van der Waals surface area contributed by atoms with E-state index in [0.29, 0.717) is 12.5 Å². The molecule has 0 heterocycles. The zero-order valence-electron chi connectivity index (χ0n) is 11.0. The molecule has 17 heavy (non-hydrogen) atoms. The van der Waals surface area contributed by atoms with Gasteiger partial charge in [-0.2, -0.15) is 0 Å². The van der Waals surface area contributed by atoms with Crippen molar-refractivity contribution < 1.29 is 4.79 Å². The normalized spacial score (nSPS) is 17.0. The van der Waals surface area contributed by atoms with E-state index in [9.17, 15) is 4.79 Å². The first-order chi connectivity index (χ1) is 7.83. The Labute approximate surface area is 112 Å². The van der Waals surface area contributed by atoms with Gasteiger partial charge in [0.1, 0.15) is 0 Å². The van der Waals surface area contributed by atoms with E-state index >= 15 is 0 Å². The molecule has 0 atom stereocenters. The lowest BCUT2D eigenvalue weighted by atomic mass is 10.1. The predicted molar refractivity (Wildman–Crippen MR) is 74.7 cm³/mol. The van der Waals surface area contributed by atoms with Crippen LogP contribution in [0, 0.1) is 0 Å². The summed E-state index contributed by atoms with van der Waals surface area (Å²) in [7, 11) is 0. The number of halogens is 1. The van der Waals surface area contributed by atoms with Crippen molar-refractivity contribution in [2.45, 2.75) is 64.3 Å². The van der Waals surface area contributed by atoms with Crippen LogP contribution in [0.25, 0.3) is 0 Å². The average molecular weight is 263 g/mol. The van der Waals surface area contributed by atoms with E-state index in [4.69, 9.17) is 0 Å². The van der Waals surface area contributed by atoms with Gasteiger partial charge in [-0.15, -0.1) is 12.4 Å². The van der Waals surface area contributed by atoms with Gasteiger partial charge in [0.05, 0.1) is 0 Å². The molecule has 2 N–H and O–H groups in total. The van der Waals surface area contributed by atoms with Gasteiger partial charge in [0.15, 0.2) is 0 Å². The number of rotatable bonds is 6. The van der Waals surface area contributed by atoms with Gasteiger partial charge in [-0.1, -0.05) is 32.6 Å². The molecule has 1 rings (SSSR count). The molecule has 0 aromatic carbocycles. The van der Waals surface area contributed by atoms with E-state index in [0.717, 1.165) is 19.5 Å². The molecule has 4 heteroatoms. The Bertz CT molecular complexity index is 192. The molecule has 1 saturated carbocycles. The van der Waals surface area contributed by atoms with Crippen LogP contribution in [0.4, 0.5) is 0 Å². The highest BCUT2D eigenvalue weighted by Gasteiger charge is 2.10. The quantitative estimate of drug-likeness (QED) is 0.571. The molecule has 0 spiro atoms. The maximum atomic E-state index is 11.2. The second-order valence-corrected chi connectivity index (χ2v) is 4.74. The van der Waals surface area contributed by atoms with Crippen molar-refractivity contribution in [2.24, 2.45) is 0 Å². The molecular weight excluding hydrogens is 236 g/mol. The smallest absolute Gasteiger partial charge is 0.220 e. The minimum Gasteiger partial charge on any atom is -0.355 e. The van der Waals surface area contributed by atoms with Crippen molar-refractivity contribution >= 4 is 18.3 Å². The SMILES string of the molecule is CCCC(=O)NCCNC1CCCCCC1.Cl. The van der Waals surface area contributed by atoms with Crippen LogP contribution in [0.2, 0.25) is 0 Å². The van der Waals surface area contributed by atoms with Crippen LogP contribution < -0.4 is 10.6 Å². The van der Waals surface area contributed by atoms with Gasteiger partial charge in [-0.05, 0) is 19.3 Å². The highest BCUT2D eigenvalue weighted by atomic mass is 35.5. The second-order valence-electron chi connectivity index (χ2n) is 4.74. The van der Waals surface area contributed by atoms with Crippen LogP contribution in [-0.4, -0.2) is 25.0 Å². The molecule has 0 saturated heterocycles. The minimum atomic E-state index is 0. The fraction of sp³-hybridized carbons (Fsp3) is 0.923. The van der Waals surface area contributed by atoms with Gasteiger partial charge in [-0.25, -0.2) is 0 Å². The maximum Gasteiger partial charge on any atom is 0.220 e. The second kappa shape index (κ2) is 10.8. The third-order valence-electron chi connectivity index (χ3n) is 3.21. The van der Waals surface area contributed by atoms with Crippen LogP contribution >= 0.6 is 12.4 Å². The number of carbonyl (C=O) groups is 1. The van der Waals surface area contributed by atoms with Crippen molar-refractivity contribution in [3.8, 4) is 0 Å². The van der Waals surface area contributed by atoms with Gasteiger partial charge < -0.3 is 10.6 Å². The van der Waals surface area contributed by atoms with Crippen LogP contribution in [-0.2, 0) is 4.79 Å². The van der Waals surface area contributed by atoms with Crippen molar-refractivity contribution in [3.63, 3.8) is 0 Å². The molecule has 1 amide bonds. The molecule has 0 aromatic rings. The number of nitrogens with one attached hydrogen (secondary N) is 2. The summed E-state index contributed by atoms with van der Waals surface area (Å²) in [6.07, 6.45) is 9.72. The molecule has 3 nitrogen and oxygen atoms in total. The molecule has 0 aromatic heterocycles. The Kier molecular flexibility index (Phi) is 10.7. The number of carbonyl (C=O) groups excluding carboxylic acids is 1. The van der Waals surface area contributed by atoms with Gasteiger partial charge in [-0.3, -0.25) is 4.79 Å². The molecule has 102 valence electrons. The van der Waals surface area contributed by atoms with Crippen molar-refractivity contribution in [1.82, 2.24) is 10.6 Å². The van der Waals surface area contributed by atoms with Crippen LogP contribution in [0.15, 0.2) is 0 Å². The summed E-state index contributed by atoms with van der Waals surface area (Å²) in [4.78, 5) is 11.2. The third-order valence-corrected chi connectivity index (χ3v) is 3.21. The summed E-state index contributed by atoms with van der Waals surface area (Å²) < 4.78 is 0. The molecule has 1 fully saturated rings. The van der Waals surface area contributed by atoms with Crippen LogP contribution in [0.1, 0.15) is 58.3 Å². The lowest BCUT2D eigenvalue weighted by molar-refractivity contribution is -0.121. The summed E-state index contributed by atoms with van der Waals surface area (Å²) in [5, 5.41) is 6.48. The average Bonchev–Trinajstić information content (AvgIpc) is 2.53. The fourth-order valence-electron chi connectivity index (χ4n) is 2.28. The fourth-order valence-corrected chi connectivity index (χ4v) is 2.28. The van der Waals surface area contributed by atoms with Gasteiger partial charge in [0.2, 0.25) is 5.91 Å². The summed E-state index contributed by atoms with van der Waals surface area (Å²) in [6.45, 7) is 3.72. The number of hydrogen-bond donors (Lipinski definition) is 2.